The average Bonchev–Trinajstić information content (AvgIpc) is 3.42. The van der Waals surface area contributed by atoms with Gasteiger partial charge in [0, 0.05) is 32.7 Å². The summed E-state index contributed by atoms with van der Waals surface area (Å²) < 4.78 is 10.4. The van der Waals surface area contributed by atoms with Crippen molar-refractivity contribution in [3.63, 3.8) is 0 Å². The van der Waals surface area contributed by atoms with Gasteiger partial charge >= 0.3 is 0 Å². The van der Waals surface area contributed by atoms with Gasteiger partial charge < -0.3 is 19.9 Å². The molecule has 0 aromatic heterocycles. The summed E-state index contributed by atoms with van der Waals surface area (Å²) in [7, 11) is 4.02. The molecule has 1 unspecified atom stereocenters. The third-order valence-electron chi connectivity index (χ3n) is 3.36. The zero-order valence-electron chi connectivity index (χ0n) is 13.6. The van der Waals surface area contributed by atoms with E-state index in [0.717, 1.165) is 20.0 Å². The fourth-order valence-corrected chi connectivity index (χ4v) is 1.93. The van der Waals surface area contributed by atoms with Crippen LogP contribution >= 0.6 is 0 Å². The Morgan fingerprint density at radius 3 is 2.26 bits per heavy atom. The van der Waals surface area contributed by atoms with Crippen molar-refractivity contribution in [1.82, 2.24) is 5.32 Å². The first kappa shape index (κ1) is 18.8. The van der Waals surface area contributed by atoms with E-state index >= 15 is 0 Å². The molecule has 0 bridgehead atoms. The van der Waals surface area contributed by atoms with E-state index in [9.17, 15) is 4.79 Å². The highest BCUT2D eigenvalue weighted by Gasteiger charge is 2.29. The summed E-state index contributed by atoms with van der Waals surface area (Å²) in [4.78, 5) is 11.7. The Morgan fingerprint density at radius 2 is 1.83 bits per heavy atom. The molecule has 0 saturated heterocycles. The third-order valence-corrected chi connectivity index (χ3v) is 3.36. The highest BCUT2D eigenvalue weighted by molar-refractivity contribution is 6.00. The van der Waals surface area contributed by atoms with Gasteiger partial charge in [-0.25, -0.2) is 0 Å². The SMILES string of the molecule is CNC(=O)C(OC)c1ccc(C(=N)OC(=N)C2CC2)cc1.CO. The standard InChI is InChI=1S/C15H19N3O3.CH4O/c1-18-15(19)12(20-2)9-3-5-10(6-4-9)13(16)21-14(17)11-7-8-11;1-2/h3-6,11-12,16-17H,7-8H2,1-2H3,(H,18,19);2H,1H3. The number of hydrogen-bond donors (Lipinski definition) is 4. The third kappa shape index (κ3) is 5.15. The van der Waals surface area contributed by atoms with E-state index in [2.05, 4.69) is 5.32 Å². The van der Waals surface area contributed by atoms with Gasteiger partial charge in [-0.1, -0.05) is 12.1 Å². The molecule has 7 heteroatoms. The second kappa shape index (κ2) is 9.02. The zero-order chi connectivity index (χ0) is 17.4. The highest BCUT2D eigenvalue weighted by Crippen LogP contribution is 2.30. The van der Waals surface area contributed by atoms with Crippen molar-refractivity contribution < 1.29 is 19.4 Å². The molecular formula is C16H23N3O4. The van der Waals surface area contributed by atoms with Gasteiger partial charge in [-0.05, 0) is 30.5 Å². The number of amides is 1. The molecule has 4 N–H and O–H groups in total. The van der Waals surface area contributed by atoms with E-state index in [1.165, 1.54) is 7.11 Å². The Labute approximate surface area is 135 Å². The van der Waals surface area contributed by atoms with Crippen LogP contribution in [-0.4, -0.2) is 44.1 Å². The summed E-state index contributed by atoms with van der Waals surface area (Å²) in [5, 5.41) is 25.1. The Bertz CT molecular complexity index is 553. The van der Waals surface area contributed by atoms with Gasteiger partial charge in [-0.15, -0.1) is 0 Å². The Hall–Kier alpha value is -2.25. The molecule has 0 spiro atoms. The molecule has 1 aromatic carbocycles. The minimum absolute atomic E-state index is 0.0487. The van der Waals surface area contributed by atoms with Crippen LogP contribution in [-0.2, 0) is 14.3 Å². The van der Waals surface area contributed by atoms with Crippen molar-refractivity contribution in [1.29, 1.82) is 10.8 Å². The largest absolute Gasteiger partial charge is 0.425 e. The predicted octanol–water partition coefficient (Wildman–Crippen LogP) is 1.46. The summed E-state index contributed by atoms with van der Waals surface area (Å²) in [6.45, 7) is 0. The normalized spacial score (nSPS) is 14.1. The van der Waals surface area contributed by atoms with Gasteiger partial charge in [-0.2, -0.15) is 0 Å². The van der Waals surface area contributed by atoms with E-state index in [1.807, 2.05) is 0 Å². The topological polar surface area (TPSA) is 115 Å². The van der Waals surface area contributed by atoms with Gasteiger partial charge in [0.2, 0.25) is 5.90 Å². The maximum atomic E-state index is 11.7. The van der Waals surface area contributed by atoms with Gasteiger partial charge in [0.05, 0.1) is 0 Å². The molecule has 23 heavy (non-hydrogen) atoms. The first-order valence-corrected chi connectivity index (χ1v) is 7.21. The summed E-state index contributed by atoms with van der Waals surface area (Å²) in [5.74, 6) is 0.0550. The van der Waals surface area contributed by atoms with Crippen LogP contribution in [0.15, 0.2) is 24.3 Å². The lowest BCUT2D eigenvalue weighted by atomic mass is 10.1. The van der Waals surface area contributed by atoms with Crippen LogP contribution < -0.4 is 5.32 Å². The lowest BCUT2D eigenvalue weighted by Crippen LogP contribution is -2.26. The molecule has 1 saturated carbocycles. The molecule has 2 rings (SSSR count). The lowest BCUT2D eigenvalue weighted by Gasteiger charge is -2.14. The Kier molecular flexibility index (Phi) is 7.37. The first-order chi connectivity index (χ1) is 11.1. The molecule has 0 heterocycles. The Morgan fingerprint density at radius 1 is 1.26 bits per heavy atom. The van der Waals surface area contributed by atoms with Crippen molar-refractivity contribution in [2.45, 2.75) is 18.9 Å². The quantitative estimate of drug-likeness (QED) is 0.485. The highest BCUT2D eigenvalue weighted by atomic mass is 16.5. The fourth-order valence-electron chi connectivity index (χ4n) is 1.93. The van der Waals surface area contributed by atoms with Crippen LogP contribution in [0, 0.1) is 16.7 Å². The molecule has 1 atom stereocenters. The molecule has 1 aliphatic rings. The van der Waals surface area contributed by atoms with E-state index < -0.39 is 6.10 Å². The monoisotopic (exact) mass is 321 g/mol. The zero-order valence-corrected chi connectivity index (χ0v) is 13.6. The van der Waals surface area contributed by atoms with E-state index in [0.29, 0.717) is 11.1 Å². The van der Waals surface area contributed by atoms with Crippen molar-refractivity contribution in [2.75, 3.05) is 21.3 Å². The first-order valence-electron chi connectivity index (χ1n) is 7.21. The van der Waals surface area contributed by atoms with Gasteiger partial charge in [0.25, 0.3) is 5.91 Å². The molecular weight excluding hydrogens is 298 g/mol. The minimum Gasteiger partial charge on any atom is -0.425 e. The number of likely N-dealkylation sites (N-methyl/N-ethyl adjacent to an activating group) is 1. The molecule has 0 aliphatic heterocycles. The molecule has 0 radical (unpaired) electrons. The fraction of sp³-hybridized carbons (Fsp3) is 0.438. The number of methoxy groups -OCH3 is 1. The van der Waals surface area contributed by atoms with E-state index in [4.69, 9.17) is 25.4 Å². The van der Waals surface area contributed by atoms with Crippen molar-refractivity contribution in [2.24, 2.45) is 5.92 Å². The second-order valence-electron chi connectivity index (χ2n) is 4.92. The number of ether oxygens (including phenoxy) is 2. The summed E-state index contributed by atoms with van der Waals surface area (Å²) in [6, 6.07) is 6.81. The summed E-state index contributed by atoms with van der Waals surface area (Å²) >= 11 is 0. The van der Waals surface area contributed by atoms with Crippen LogP contribution in [0.1, 0.15) is 30.1 Å². The minimum atomic E-state index is -0.677. The average molecular weight is 321 g/mol. The maximum Gasteiger partial charge on any atom is 0.253 e. The van der Waals surface area contributed by atoms with Crippen LogP contribution in [0.25, 0.3) is 0 Å². The van der Waals surface area contributed by atoms with Crippen molar-refractivity contribution >= 4 is 17.7 Å². The molecule has 126 valence electrons. The summed E-state index contributed by atoms with van der Waals surface area (Å²) in [5.41, 5.74) is 1.27. The number of rotatable bonds is 5. The number of benzene rings is 1. The van der Waals surface area contributed by atoms with Gasteiger partial charge in [0.1, 0.15) is 0 Å². The lowest BCUT2D eigenvalue weighted by molar-refractivity contribution is -0.130. The van der Waals surface area contributed by atoms with Gasteiger partial charge in [0.15, 0.2) is 12.0 Å². The number of carbonyl (C=O) groups excluding carboxylic acids is 1. The molecule has 1 fully saturated rings. The smallest absolute Gasteiger partial charge is 0.253 e. The molecule has 1 aromatic rings. The number of hydrogen-bond acceptors (Lipinski definition) is 6. The van der Waals surface area contributed by atoms with E-state index in [-0.39, 0.29) is 23.6 Å². The second-order valence-corrected chi connectivity index (χ2v) is 4.92. The van der Waals surface area contributed by atoms with E-state index in [1.54, 1.807) is 31.3 Å². The molecule has 1 aliphatic carbocycles. The van der Waals surface area contributed by atoms with Crippen LogP contribution in [0.4, 0.5) is 0 Å². The number of aliphatic hydroxyl groups excluding tert-OH is 1. The summed E-state index contributed by atoms with van der Waals surface area (Å²) in [6.07, 6.45) is 1.25. The molecule has 7 nitrogen and oxygen atoms in total. The predicted molar refractivity (Wildman–Crippen MR) is 86.8 cm³/mol. The number of nitrogens with one attached hydrogen (secondary N) is 3. The van der Waals surface area contributed by atoms with Crippen molar-refractivity contribution in [3.05, 3.63) is 35.4 Å². The van der Waals surface area contributed by atoms with Crippen LogP contribution in [0.3, 0.4) is 0 Å². The number of carbonyl (C=O) groups is 1. The van der Waals surface area contributed by atoms with Crippen molar-refractivity contribution in [3.8, 4) is 0 Å². The number of aliphatic hydroxyl groups is 1. The van der Waals surface area contributed by atoms with Crippen LogP contribution in [0.2, 0.25) is 0 Å². The maximum absolute atomic E-state index is 11.7. The Balaban J connectivity index is 0.00000127. The molecule has 1 amide bonds. The van der Waals surface area contributed by atoms with Crippen LogP contribution in [0.5, 0.6) is 0 Å². The van der Waals surface area contributed by atoms with Gasteiger partial charge in [-0.3, -0.25) is 15.6 Å².